The van der Waals surface area contributed by atoms with Crippen LogP contribution in [-0.2, 0) is 11.3 Å². The molecule has 0 heterocycles. The second-order valence-corrected chi connectivity index (χ2v) is 6.78. The van der Waals surface area contributed by atoms with Crippen molar-refractivity contribution >= 4 is 0 Å². The molecule has 0 aliphatic heterocycles. The molecular formula is C21H27F2NO. The van der Waals surface area contributed by atoms with E-state index in [1.807, 2.05) is 6.07 Å². The molecule has 0 saturated carbocycles. The van der Waals surface area contributed by atoms with Crippen molar-refractivity contribution in [3.8, 4) is 0 Å². The van der Waals surface area contributed by atoms with Crippen molar-refractivity contribution in [2.45, 2.75) is 46.3 Å². The molecule has 1 N–H and O–H groups in total. The van der Waals surface area contributed by atoms with E-state index < -0.39 is 11.6 Å². The van der Waals surface area contributed by atoms with E-state index in [4.69, 9.17) is 4.74 Å². The Labute approximate surface area is 149 Å². The average Bonchev–Trinajstić information content (AvgIpc) is 2.54. The summed E-state index contributed by atoms with van der Waals surface area (Å²) >= 11 is 0. The average molecular weight is 347 g/mol. The van der Waals surface area contributed by atoms with E-state index in [1.54, 1.807) is 0 Å². The summed E-state index contributed by atoms with van der Waals surface area (Å²) in [4.78, 5) is 0. The summed E-state index contributed by atoms with van der Waals surface area (Å²) in [6.45, 7) is 9.45. The van der Waals surface area contributed by atoms with Crippen LogP contribution in [-0.4, -0.2) is 19.2 Å². The zero-order valence-corrected chi connectivity index (χ0v) is 15.4. The van der Waals surface area contributed by atoms with Crippen LogP contribution in [0.5, 0.6) is 0 Å². The molecule has 2 aromatic carbocycles. The van der Waals surface area contributed by atoms with Gasteiger partial charge in [0.05, 0.1) is 13.2 Å². The van der Waals surface area contributed by atoms with Gasteiger partial charge in [-0.15, -0.1) is 0 Å². The molecule has 25 heavy (non-hydrogen) atoms. The van der Waals surface area contributed by atoms with Gasteiger partial charge in [0.1, 0.15) is 11.6 Å². The maximum atomic E-state index is 13.7. The predicted molar refractivity (Wildman–Crippen MR) is 97.8 cm³/mol. The number of halogens is 2. The summed E-state index contributed by atoms with van der Waals surface area (Å²) in [5, 5.41) is 3.44. The van der Waals surface area contributed by atoms with Gasteiger partial charge in [-0.05, 0) is 42.7 Å². The summed E-state index contributed by atoms with van der Waals surface area (Å²) in [6.07, 6.45) is 0. The molecule has 4 heteroatoms. The Hall–Kier alpha value is -1.78. The standard InChI is InChI=1S/C21H27F2NO/c1-14(2)24-11-17(21-15(3)7-5-8-16(21)4)12-25-13-18-19(22)9-6-10-20(18)23/h5-10,14,17,24H,11-13H2,1-4H3. The minimum atomic E-state index is -0.566. The van der Waals surface area contributed by atoms with Gasteiger partial charge in [-0.2, -0.15) is 0 Å². The van der Waals surface area contributed by atoms with Gasteiger partial charge in [-0.1, -0.05) is 38.1 Å². The highest BCUT2D eigenvalue weighted by molar-refractivity contribution is 5.37. The van der Waals surface area contributed by atoms with Crippen molar-refractivity contribution in [3.63, 3.8) is 0 Å². The van der Waals surface area contributed by atoms with Crippen LogP contribution in [0.25, 0.3) is 0 Å². The lowest BCUT2D eigenvalue weighted by Gasteiger charge is -2.23. The van der Waals surface area contributed by atoms with Gasteiger partial charge in [0.15, 0.2) is 0 Å². The molecular weight excluding hydrogens is 320 g/mol. The minimum Gasteiger partial charge on any atom is -0.376 e. The monoisotopic (exact) mass is 347 g/mol. The van der Waals surface area contributed by atoms with Crippen LogP contribution in [0.15, 0.2) is 36.4 Å². The lowest BCUT2D eigenvalue weighted by Crippen LogP contribution is -2.30. The van der Waals surface area contributed by atoms with E-state index in [0.29, 0.717) is 12.6 Å². The van der Waals surface area contributed by atoms with Gasteiger partial charge in [0.2, 0.25) is 0 Å². The van der Waals surface area contributed by atoms with Crippen LogP contribution < -0.4 is 5.32 Å². The Morgan fingerprint density at radius 3 is 2.08 bits per heavy atom. The number of rotatable bonds is 8. The number of nitrogens with one attached hydrogen (secondary N) is 1. The van der Waals surface area contributed by atoms with Gasteiger partial charge >= 0.3 is 0 Å². The van der Waals surface area contributed by atoms with Gasteiger partial charge in [-0.25, -0.2) is 8.78 Å². The highest BCUT2D eigenvalue weighted by Gasteiger charge is 2.18. The maximum absolute atomic E-state index is 13.7. The van der Waals surface area contributed by atoms with E-state index in [1.165, 1.54) is 34.9 Å². The zero-order chi connectivity index (χ0) is 18.4. The molecule has 0 aliphatic rings. The summed E-state index contributed by atoms with van der Waals surface area (Å²) in [7, 11) is 0. The summed E-state index contributed by atoms with van der Waals surface area (Å²) in [5.41, 5.74) is 3.64. The first-order valence-electron chi connectivity index (χ1n) is 8.70. The van der Waals surface area contributed by atoms with Gasteiger partial charge in [-0.3, -0.25) is 0 Å². The third-order valence-electron chi connectivity index (χ3n) is 4.35. The number of ether oxygens (including phenoxy) is 1. The molecule has 2 rings (SSSR count). The largest absolute Gasteiger partial charge is 0.376 e. The van der Waals surface area contributed by atoms with Gasteiger partial charge in [0.25, 0.3) is 0 Å². The van der Waals surface area contributed by atoms with E-state index in [9.17, 15) is 8.78 Å². The van der Waals surface area contributed by atoms with Crippen molar-refractivity contribution < 1.29 is 13.5 Å². The summed E-state index contributed by atoms with van der Waals surface area (Å²) < 4.78 is 33.2. The molecule has 136 valence electrons. The Kier molecular flexibility index (Phi) is 7.09. The molecule has 0 radical (unpaired) electrons. The van der Waals surface area contributed by atoms with Crippen LogP contribution in [0.2, 0.25) is 0 Å². The molecule has 2 aromatic rings. The third-order valence-corrected chi connectivity index (χ3v) is 4.35. The van der Waals surface area contributed by atoms with Crippen molar-refractivity contribution in [2.24, 2.45) is 0 Å². The molecule has 0 fully saturated rings. The first-order chi connectivity index (χ1) is 11.9. The maximum Gasteiger partial charge on any atom is 0.131 e. The quantitative estimate of drug-likeness (QED) is 0.735. The van der Waals surface area contributed by atoms with Crippen molar-refractivity contribution in [1.82, 2.24) is 5.32 Å². The molecule has 0 bridgehead atoms. The number of benzene rings is 2. The Morgan fingerprint density at radius 1 is 0.960 bits per heavy atom. The Bertz CT molecular complexity index is 660. The number of hydrogen-bond acceptors (Lipinski definition) is 2. The number of aryl methyl sites for hydroxylation is 2. The van der Waals surface area contributed by atoms with Crippen LogP contribution >= 0.6 is 0 Å². The van der Waals surface area contributed by atoms with Gasteiger partial charge in [0, 0.05) is 24.1 Å². The van der Waals surface area contributed by atoms with Crippen LogP contribution in [0.3, 0.4) is 0 Å². The van der Waals surface area contributed by atoms with E-state index >= 15 is 0 Å². The second kappa shape index (κ2) is 9.07. The fourth-order valence-electron chi connectivity index (χ4n) is 3.07. The SMILES string of the molecule is Cc1cccc(C)c1C(CNC(C)C)COCc1c(F)cccc1F. The Morgan fingerprint density at radius 2 is 1.52 bits per heavy atom. The summed E-state index contributed by atoms with van der Waals surface area (Å²) in [6, 6.07) is 10.4. The normalized spacial score (nSPS) is 12.6. The van der Waals surface area contributed by atoms with E-state index in [-0.39, 0.29) is 18.1 Å². The minimum absolute atomic E-state index is 0.0143. The molecule has 0 amide bonds. The zero-order valence-electron chi connectivity index (χ0n) is 15.4. The first-order valence-corrected chi connectivity index (χ1v) is 8.70. The molecule has 0 aromatic heterocycles. The van der Waals surface area contributed by atoms with Crippen molar-refractivity contribution in [3.05, 3.63) is 70.3 Å². The third kappa shape index (κ3) is 5.35. The fourth-order valence-corrected chi connectivity index (χ4v) is 3.07. The van der Waals surface area contributed by atoms with E-state index in [2.05, 4.69) is 45.1 Å². The molecule has 1 unspecified atom stereocenters. The lowest BCUT2D eigenvalue weighted by atomic mass is 9.91. The van der Waals surface area contributed by atoms with Crippen LogP contribution in [0.4, 0.5) is 8.78 Å². The van der Waals surface area contributed by atoms with Gasteiger partial charge < -0.3 is 10.1 Å². The van der Waals surface area contributed by atoms with Crippen molar-refractivity contribution in [2.75, 3.05) is 13.2 Å². The fraction of sp³-hybridized carbons (Fsp3) is 0.429. The number of hydrogen-bond donors (Lipinski definition) is 1. The molecule has 0 saturated heterocycles. The van der Waals surface area contributed by atoms with Crippen molar-refractivity contribution in [1.29, 1.82) is 0 Å². The van der Waals surface area contributed by atoms with E-state index in [0.717, 1.165) is 6.54 Å². The van der Waals surface area contributed by atoms with Crippen LogP contribution in [0.1, 0.15) is 42.0 Å². The topological polar surface area (TPSA) is 21.3 Å². The molecule has 0 spiro atoms. The molecule has 0 aliphatic carbocycles. The Balaban J connectivity index is 2.11. The molecule has 1 atom stereocenters. The van der Waals surface area contributed by atoms with Crippen LogP contribution in [0, 0.1) is 25.5 Å². The lowest BCUT2D eigenvalue weighted by molar-refractivity contribution is 0.101. The smallest absolute Gasteiger partial charge is 0.131 e. The second-order valence-electron chi connectivity index (χ2n) is 6.78. The highest BCUT2D eigenvalue weighted by atomic mass is 19.1. The predicted octanol–water partition coefficient (Wildman–Crippen LogP) is 4.88. The summed E-state index contributed by atoms with van der Waals surface area (Å²) in [5.74, 6) is -1.01. The molecule has 2 nitrogen and oxygen atoms in total. The highest BCUT2D eigenvalue weighted by Crippen LogP contribution is 2.25. The first kappa shape index (κ1) is 19.5.